The summed E-state index contributed by atoms with van der Waals surface area (Å²) in [5.74, 6) is 0. The molecular formula is C9H15Cl2N3O2. The molecule has 0 saturated heterocycles. The highest BCUT2D eigenvalue weighted by molar-refractivity contribution is 6.65. The van der Waals surface area contributed by atoms with Gasteiger partial charge in [-0.2, -0.15) is 0 Å². The van der Waals surface area contributed by atoms with Crippen LogP contribution in [-0.2, 0) is 9.68 Å². The molecule has 0 amide bonds. The molecule has 2 aliphatic heterocycles. The van der Waals surface area contributed by atoms with Crippen molar-refractivity contribution in [3.05, 3.63) is 0 Å². The highest BCUT2D eigenvalue weighted by Gasteiger charge is 2.17. The van der Waals surface area contributed by atoms with Gasteiger partial charge in [-0.25, -0.2) is 0 Å². The van der Waals surface area contributed by atoms with Crippen LogP contribution in [0.25, 0.3) is 0 Å². The van der Waals surface area contributed by atoms with Crippen LogP contribution in [0.5, 0.6) is 0 Å². The van der Waals surface area contributed by atoms with E-state index in [-0.39, 0.29) is 12.2 Å². The smallest absolute Gasteiger partial charge is 0.149 e. The molecule has 2 rings (SSSR count). The zero-order valence-electron chi connectivity index (χ0n) is 9.03. The molecular weight excluding hydrogens is 253 g/mol. The van der Waals surface area contributed by atoms with Crippen molar-refractivity contribution in [2.75, 3.05) is 6.54 Å². The van der Waals surface area contributed by atoms with Gasteiger partial charge in [0.05, 0.1) is 0 Å². The highest BCUT2D eigenvalue weighted by atomic mass is 35.5. The van der Waals surface area contributed by atoms with Crippen molar-refractivity contribution in [2.24, 2.45) is 16.0 Å². The number of nitrogens with zero attached hydrogens (tertiary/aromatic N) is 2. The molecule has 0 aliphatic carbocycles. The lowest BCUT2D eigenvalue weighted by Gasteiger charge is -1.99. The monoisotopic (exact) mass is 267 g/mol. The second-order valence-corrected chi connectivity index (χ2v) is 4.31. The van der Waals surface area contributed by atoms with E-state index in [0.717, 1.165) is 12.8 Å². The lowest BCUT2D eigenvalue weighted by Crippen LogP contribution is -2.19. The Morgan fingerprint density at radius 3 is 1.88 bits per heavy atom. The van der Waals surface area contributed by atoms with Crippen LogP contribution < -0.4 is 5.73 Å². The Bertz CT molecular complexity index is 256. The molecule has 0 saturated carbocycles. The molecule has 2 atom stereocenters. The predicted molar refractivity (Wildman–Crippen MR) is 64.9 cm³/mol. The van der Waals surface area contributed by atoms with E-state index < -0.39 is 0 Å². The minimum absolute atomic E-state index is 0.0162. The van der Waals surface area contributed by atoms with Crippen LogP contribution in [0.2, 0.25) is 0 Å². The normalized spacial score (nSPS) is 27.2. The van der Waals surface area contributed by atoms with Crippen LogP contribution in [-0.4, -0.2) is 29.1 Å². The Morgan fingerprint density at radius 1 is 1.19 bits per heavy atom. The van der Waals surface area contributed by atoms with Gasteiger partial charge in [-0.3, -0.25) is 0 Å². The van der Waals surface area contributed by atoms with Crippen LogP contribution in [0, 0.1) is 0 Å². The molecule has 0 fully saturated rings. The summed E-state index contributed by atoms with van der Waals surface area (Å²) < 4.78 is 0. The average molecular weight is 268 g/mol. The maximum atomic E-state index is 5.51. The Morgan fingerprint density at radius 2 is 1.69 bits per heavy atom. The van der Waals surface area contributed by atoms with Gasteiger partial charge >= 0.3 is 0 Å². The van der Waals surface area contributed by atoms with Crippen LogP contribution >= 0.6 is 23.2 Å². The Hall–Kier alpha value is -0.520. The molecule has 0 bridgehead atoms. The van der Waals surface area contributed by atoms with Crippen molar-refractivity contribution in [1.29, 1.82) is 0 Å². The molecule has 0 radical (unpaired) electrons. The van der Waals surface area contributed by atoms with Crippen molar-refractivity contribution >= 4 is 33.5 Å². The summed E-state index contributed by atoms with van der Waals surface area (Å²) in [6.07, 6.45) is 2.69. The van der Waals surface area contributed by atoms with E-state index in [4.69, 9.17) is 38.6 Å². The fourth-order valence-corrected chi connectivity index (χ4v) is 1.56. The highest BCUT2D eigenvalue weighted by Crippen LogP contribution is 2.14. The molecule has 7 heteroatoms. The molecule has 2 heterocycles. The quantitative estimate of drug-likeness (QED) is 0.833. The molecule has 2 aliphatic rings. The summed E-state index contributed by atoms with van der Waals surface area (Å²) in [5.41, 5.74) is 5.24. The third-order valence-corrected chi connectivity index (χ3v) is 2.56. The summed E-state index contributed by atoms with van der Waals surface area (Å²) >= 11 is 11.0. The minimum Gasteiger partial charge on any atom is -0.391 e. The van der Waals surface area contributed by atoms with E-state index in [1.165, 1.54) is 0 Å². The zero-order valence-corrected chi connectivity index (χ0v) is 10.5. The van der Waals surface area contributed by atoms with Gasteiger partial charge in [0.1, 0.15) is 22.5 Å². The van der Waals surface area contributed by atoms with Gasteiger partial charge in [0.15, 0.2) is 0 Å². The first-order valence-electron chi connectivity index (χ1n) is 5.12. The molecule has 2 N–H and O–H groups in total. The number of oxime groups is 2. The lowest BCUT2D eigenvalue weighted by molar-refractivity contribution is 0.0829. The number of hydrogen-bond donors (Lipinski definition) is 1. The van der Waals surface area contributed by atoms with Crippen molar-refractivity contribution in [3.63, 3.8) is 0 Å². The van der Waals surface area contributed by atoms with Crippen LogP contribution in [0.15, 0.2) is 10.3 Å². The summed E-state index contributed by atoms with van der Waals surface area (Å²) in [6, 6.07) is 0. The second kappa shape index (κ2) is 6.93. The van der Waals surface area contributed by atoms with Gasteiger partial charge < -0.3 is 15.4 Å². The maximum Gasteiger partial charge on any atom is 0.149 e. The van der Waals surface area contributed by atoms with Gasteiger partial charge in [-0.1, -0.05) is 40.4 Å². The Balaban J connectivity index is 0.000000160. The largest absolute Gasteiger partial charge is 0.391 e. The molecule has 2 unspecified atom stereocenters. The number of halogens is 2. The summed E-state index contributed by atoms with van der Waals surface area (Å²) in [7, 11) is 0. The van der Waals surface area contributed by atoms with Crippen LogP contribution in [0.1, 0.15) is 26.2 Å². The van der Waals surface area contributed by atoms with Gasteiger partial charge in [0.2, 0.25) is 0 Å². The standard InChI is InChI=1S/C5H8ClNO.C4H7ClN2O/c1-2-4-3-5(6)7-8-4;5-4-1-3(2-6)8-7-4/h4H,2-3H2,1H3;3H,1-2,6H2. The number of hydrogen-bond acceptors (Lipinski definition) is 5. The number of rotatable bonds is 2. The van der Waals surface area contributed by atoms with Gasteiger partial charge in [0, 0.05) is 19.4 Å². The topological polar surface area (TPSA) is 69.2 Å². The third kappa shape index (κ3) is 4.55. The van der Waals surface area contributed by atoms with E-state index in [1.807, 2.05) is 0 Å². The Labute approximate surface area is 105 Å². The first-order chi connectivity index (χ1) is 7.65. The summed E-state index contributed by atoms with van der Waals surface area (Å²) in [6.45, 7) is 2.54. The first-order valence-corrected chi connectivity index (χ1v) is 5.87. The van der Waals surface area contributed by atoms with Gasteiger partial charge in [-0.15, -0.1) is 0 Å². The van der Waals surface area contributed by atoms with Gasteiger partial charge in [-0.05, 0) is 6.42 Å². The van der Waals surface area contributed by atoms with E-state index in [1.54, 1.807) is 0 Å². The van der Waals surface area contributed by atoms with Crippen molar-refractivity contribution in [1.82, 2.24) is 0 Å². The molecule has 0 aromatic heterocycles. The van der Waals surface area contributed by atoms with Crippen LogP contribution in [0.3, 0.4) is 0 Å². The second-order valence-electron chi connectivity index (χ2n) is 3.44. The van der Waals surface area contributed by atoms with Gasteiger partial charge in [0.25, 0.3) is 0 Å². The van der Waals surface area contributed by atoms with E-state index in [0.29, 0.717) is 23.3 Å². The predicted octanol–water partition coefficient (Wildman–Crippen LogP) is 2.02. The Kier molecular flexibility index (Phi) is 5.87. The first kappa shape index (κ1) is 13.5. The van der Waals surface area contributed by atoms with Crippen molar-refractivity contribution < 1.29 is 9.68 Å². The lowest BCUT2D eigenvalue weighted by atomic mass is 10.2. The maximum absolute atomic E-state index is 5.51. The fourth-order valence-electron chi connectivity index (χ4n) is 1.13. The zero-order chi connectivity index (χ0) is 12.0. The minimum atomic E-state index is 0.0162. The molecule has 0 aromatic carbocycles. The van der Waals surface area contributed by atoms with E-state index in [9.17, 15) is 0 Å². The third-order valence-electron chi connectivity index (χ3n) is 2.11. The molecule has 0 aromatic rings. The summed E-state index contributed by atoms with van der Waals surface area (Å²) in [5, 5.41) is 8.17. The van der Waals surface area contributed by atoms with Crippen LogP contribution in [0.4, 0.5) is 0 Å². The molecule has 0 spiro atoms. The summed E-state index contributed by atoms with van der Waals surface area (Å²) in [4.78, 5) is 9.62. The number of nitrogens with two attached hydrogens (primary N) is 1. The van der Waals surface area contributed by atoms with Crippen molar-refractivity contribution in [2.45, 2.75) is 38.4 Å². The van der Waals surface area contributed by atoms with E-state index >= 15 is 0 Å². The average Bonchev–Trinajstić information content (AvgIpc) is 2.88. The SMILES string of the molecule is CCC1CC(Cl)=NO1.NCC1CC(Cl)=NO1. The van der Waals surface area contributed by atoms with Crippen molar-refractivity contribution in [3.8, 4) is 0 Å². The molecule has 16 heavy (non-hydrogen) atoms. The molecule has 5 nitrogen and oxygen atoms in total. The molecule has 92 valence electrons. The van der Waals surface area contributed by atoms with E-state index in [2.05, 4.69) is 17.2 Å². The fraction of sp³-hybridized carbons (Fsp3) is 0.778.